The van der Waals surface area contributed by atoms with Gasteiger partial charge in [-0.2, -0.15) is 0 Å². The van der Waals surface area contributed by atoms with Gasteiger partial charge in [-0.3, -0.25) is 4.79 Å². The first kappa shape index (κ1) is 25.9. The molecule has 2 aromatic carbocycles. The number of unbranched alkanes of at least 4 members (excludes halogenated alkanes) is 1. The fraction of sp³-hybridized carbons (Fsp3) is 0.464. The van der Waals surface area contributed by atoms with Crippen LogP contribution in [0.4, 0.5) is 0 Å². The van der Waals surface area contributed by atoms with Crippen molar-refractivity contribution in [2.45, 2.75) is 65.2 Å². The van der Waals surface area contributed by atoms with Crippen molar-refractivity contribution in [1.82, 2.24) is 0 Å². The largest absolute Gasteiger partial charge is 0.497 e. The molecule has 1 atom stereocenters. The summed E-state index contributed by atoms with van der Waals surface area (Å²) in [4.78, 5) is 13.2. The van der Waals surface area contributed by atoms with Gasteiger partial charge in [0.25, 0.3) is 0 Å². The van der Waals surface area contributed by atoms with Gasteiger partial charge in [-0.25, -0.2) is 0 Å². The number of ether oxygens (including phenoxy) is 4. The maximum atomic E-state index is 11.8. The summed E-state index contributed by atoms with van der Waals surface area (Å²) in [5.41, 5.74) is 1.36. The van der Waals surface area contributed by atoms with Gasteiger partial charge in [0.2, 0.25) is 0 Å². The van der Waals surface area contributed by atoms with Crippen molar-refractivity contribution in [2.24, 2.45) is 0 Å². The quantitative estimate of drug-likeness (QED) is 0.184. The van der Waals surface area contributed by atoms with Crippen LogP contribution in [0.2, 0.25) is 0 Å². The van der Waals surface area contributed by atoms with Gasteiger partial charge in [0, 0.05) is 22.1 Å². The van der Waals surface area contributed by atoms with Crippen LogP contribution in [0.1, 0.15) is 68.7 Å². The second kappa shape index (κ2) is 12.7. The summed E-state index contributed by atoms with van der Waals surface area (Å²) >= 11 is 1.87. The van der Waals surface area contributed by atoms with E-state index in [1.54, 1.807) is 26.4 Å². The van der Waals surface area contributed by atoms with Crippen LogP contribution in [0.25, 0.3) is 10.1 Å². The third kappa shape index (κ3) is 6.44. The first-order valence-corrected chi connectivity index (χ1v) is 12.9. The number of hydrogen-bond donors (Lipinski definition) is 0. The van der Waals surface area contributed by atoms with Crippen LogP contribution in [-0.2, 0) is 4.79 Å². The van der Waals surface area contributed by atoms with Crippen molar-refractivity contribution >= 4 is 27.4 Å². The van der Waals surface area contributed by atoms with Gasteiger partial charge in [-0.1, -0.05) is 26.7 Å². The minimum Gasteiger partial charge on any atom is -0.497 e. The van der Waals surface area contributed by atoms with Crippen molar-refractivity contribution in [2.75, 3.05) is 20.8 Å². The average molecular weight is 485 g/mol. The molecule has 0 saturated carbocycles. The molecule has 0 aliphatic rings. The highest BCUT2D eigenvalue weighted by atomic mass is 32.1. The van der Waals surface area contributed by atoms with E-state index >= 15 is 0 Å². The number of thiophene rings is 1. The smallest absolute Gasteiger partial charge is 0.311 e. The van der Waals surface area contributed by atoms with E-state index in [0.29, 0.717) is 36.2 Å². The molecule has 184 valence electrons. The third-order valence-electron chi connectivity index (χ3n) is 6.00. The summed E-state index contributed by atoms with van der Waals surface area (Å²) in [5, 5.41) is 1.30. The SMILES string of the molecule is CCCCC(CCOc1ccc(OC(=O)CCC)cc1OC)c1sc2cc(OC)ccc2c1C. The van der Waals surface area contributed by atoms with Crippen molar-refractivity contribution in [3.8, 4) is 23.0 Å². The van der Waals surface area contributed by atoms with E-state index in [1.807, 2.05) is 30.4 Å². The summed E-state index contributed by atoms with van der Waals surface area (Å²) in [6.45, 7) is 6.98. The first-order valence-electron chi connectivity index (χ1n) is 12.1. The molecule has 1 heterocycles. The molecule has 0 fully saturated rings. The molecule has 0 bridgehead atoms. The Morgan fingerprint density at radius 2 is 1.74 bits per heavy atom. The number of hydrogen-bond acceptors (Lipinski definition) is 6. The zero-order chi connectivity index (χ0) is 24.5. The number of aryl methyl sites for hydroxylation is 1. The maximum Gasteiger partial charge on any atom is 0.311 e. The molecule has 1 unspecified atom stereocenters. The highest BCUT2D eigenvalue weighted by molar-refractivity contribution is 7.19. The summed E-state index contributed by atoms with van der Waals surface area (Å²) in [7, 11) is 3.30. The van der Waals surface area contributed by atoms with Crippen LogP contribution in [0, 0.1) is 6.92 Å². The van der Waals surface area contributed by atoms with Crippen LogP contribution < -0.4 is 18.9 Å². The Balaban J connectivity index is 1.72. The summed E-state index contributed by atoms with van der Waals surface area (Å²) in [6.07, 6.45) is 5.55. The van der Waals surface area contributed by atoms with Gasteiger partial charge in [0.15, 0.2) is 11.5 Å². The molecule has 3 rings (SSSR count). The molecular weight excluding hydrogens is 448 g/mol. The molecule has 0 N–H and O–H groups in total. The van der Waals surface area contributed by atoms with E-state index in [2.05, 4.69) is 26.0 Å². The average Bonchev–Trinajstić information content (AvgIpc) is 3.17. The fourth-order valence-corrected chi connectivity index (χ4v) is 5.54. The molecule has 0 amide bonds. The minimum absolute atomic E-state index is 0.242. The van der Waals surface area contributed by atoms with Crippen molar-refractivity contribution in [3.05, 3.63) is 46.8 Å². The summed E-state index contributed by atoms with van der Waals surface area (Å²) in [6, 6.07) is 11.6. The van der Waals surface area contributed by atoms with E-state index in [1.165, 1.54) is 33.4 Å². The third-order valence-corrected chi connectivity index (χ3v) is 7.42. The predicted octanol–water partition coefficient (Wildman–Crippen LogP) is 7.68. The van der Waals surface area contributed by atoms with Gasteiger partial charge < -0.3 is 18.9 Å². The lowest BCUT2D eigenvalue weighted by molar-refractivity contribution is -0.134. The Labute approximate surface area is 207 Å². The Hall–Kier alpha value is -2.73. The molecule has 0 aliphatic carbocycles. The number of fused-ring (bicyclic) bond motifs is 1. The lowest BCUT2D eigenvalue weighted by atomic mass is 9.94. The highest BCUT2D eigenvalue weighted by Gasteiger charge is 2.19. The molecule has 6 heteroatoms. The van der Waals surface area contributed by atoms with Crippen LogP contribution >= 0.6 is 11.3 Å². The number of esters is 1. The normalized spacial score (nSPS) is 11.9. The van der Waals surface area contributed by atoms with Crippen LogP contribution in [-0.4, -0.2) is 26.8 Å². The Morgan fingerprint density at radius 1 is 0.941 bits per heavy atom. The Morgan fingerprint density at radius 3 is 2.44 bits per heavy atom. The topological polar surface area (TPSA) is 54.0 Å². The lowest BCUT2D eigenvalue weighted by Crippen LogP contribution is -2.08. The molecule has 3 aromatic rings. The number of carbonyl (C=O) groups is 1. The van der Waals surface area contributed by atoms with Gasteiger partial charge in [-0.05, 0) is 73.4 Å². The summed E-state index contributed by atoms with van der Waals surface area (Å²) < 4.78 is 23.7. The second-order valence-corrected chi connectivity index (χ2v) is 9.55. The molecule has 5 nitrogen and oxygen atoms in total. The Bertz CT molecular complexity index is 1090. The monoisotopic (exact) mass is 484 g/mol. The fourth-order valence-electron chi connectivity index (χ4n) is 4.13. The van der Waals surface area contributed by atoms with E-state index < -0.39 is 0 Å². The molecule has 0 saturated heterocycles. The van der Waals surface area contributed by atoms with Crippen LogP contribution in [0.3, 0.4) is 0 Å². The number of methoxy groups -OCH3 is 2. The second-order valence-electron chi connectivity index (χ2n) is 8.47. The molecule has 0 aliphatic heterocycles. The highest BCUT2D eigenvalue weighted by Crippen LogP contribution is 2.41. The lowest BCUT2D eigenvalue weighted by Gasteiger charge is -2.18. The molecule has 0 radical (unpaired) electrons. The van der Waals surface area contributed by atoms with Crippen molar-refractivity contribution < 1.29 is 23.7 Å². The van der Waals surface area contributed by atoms with Gasteiger partial charge in [0.05, 0.1) is 20.8 Å². The maximum absolute atomic E-state index is 11.8. The van der Waals surface area contributed by atoms with Gasteiger partial charge in [-0.15, -0.1) is 11.3 Å². The molecule has 34 heavy (non-hydrogen) atoms. The molecule has 1 aromatic heterocycles. The van der Waals surface area contributed by atoms with Crippen molar-refractivity contribution in [3.63, 3.8) is 0 Å². The first-order chi connectivity index (χ1) is 16.5. The summed E-state index contributed by atoms with van der Waals surface area (Å²) in [5.74, 6) is 2.78. The van der Waals surface area contributed by atoms with Gasteiger partial charge in [0.1, 0.15) is 11.5 Å². The molecular formula is C28H36O5S. The van der Waals surface area contributed by atoms with E-state index in [4.69, 9.17) is 18.9 Å². The number of carbonyl (C=O) groups excluding carboxylic acids is 1. The molecule has 0 spiro atoms. The number of rotatable bonds is 13. The van der Waals surface area contributed by atoms with E-state index in [9.17, 15) is 4.79 Å². The van der Waals surface area contributed by atoms with Gasteiger partial charge >= 0.3 is 5.97 Å². The predicted molar refractivity (Wildman–Crippen MR) is 139 cm³/mol. The zero-order valence-electron chi connectivity index (χ0n) is 20.9. The zero-order valence-corrected chi connectivity index (χ0v) is 21.8. The van der Waals surface area contributed by atoms with E-state index in [-0.39, 0.29) is 5.97 Å². The van der Waals surface area contributed by atoms with Crippen molar-refractivity contribution in [1.29, 1.82) is 0 Å². The van der Waals surface area contributed by atoms with E-state index in [0.717, 1.165) is 25.0 Å². The Kier molecular flexibility index (Phi) is 9.63. The minimum atomic E-state index is -0.242. The van der Waals surface area contributed by atoms with Crippen LogP contribution in [0.15, 0.2) is 36.4 Å². The van der Waals surface area contributed by atoms with Crippen LogP contribution in [0.5, 0.6) is 23.0 Å². The number of benzene rings is 2. The standard InChI is InChI=1S/C28H36O5S/c1-6-8-10-20(28-19(3)23-13-11-21(30-4)18-26(23)34-28)15-16-32-24-14-12-22(17-25(24)31-5)33-27(29)9-7-2/h11-14,17-18,20H,6-10,15-16H2,1-5H3.